The minimum atomic E-state index is -1.06. The van der Waals surface area contributed by atoms with Crippen molar-refractivity contribution in [3.8, 4) is 0 Å². The summed E-state index contributed by atoms with van der Waals surface area (Å²) in [6, 6.07) is 6.59. The zero-order chi connectivity index (χ0) is 17.5. The fourth-order valence-electron chi connectivity index (χ4n) is 1.84. The van der Waals surface area contributed by atoms with Gasteiger partial charge in [-0.05, 0) is 37.1 Å². The second kappa shape index (κ2) is 8.12. The number of benzene rings is 1. The summed E-state index contributed by atoms with van der Waals surface area (Å²) in [6.45, 7) is 3.39. The van der Waals surface area contributed by atoms with E-state index >= 15 is 0 Å². The first kappa shape index (κ1) is 18.4. The number of hydrogen-bond donors (Lipinski definition) is 1. The number of amides is 1. The van der Waals surface area contributed by atoms with Gasteiger partial charge in [-0.2, -0.15) is 0 Å². The van der Waals surface area contributed by atoms with Gasteiger partial charge in [-0.25, -0.2) is 9.59 Å². The van der Waals surface area contributed by atoms with Crippen LogP contribution in [-0.4, -0.2) is 37.6 Å². The van der Waals surface area contributed by atoms with Crippen LogP contribution in [0.25, 0.3) is 6.08 Å². The fraction of sp³-hybridized carbons (Fsp3) is 0.353. The van der Waals surface area contributed by atoms with E-state index in [0.717, 1.165) is 5.56 Å². The molecule has 1 rings (SSSR count). The Morgan fingerprint density at radius 2 is 1.74 bits per heavy atom. The summed E-state index contributed by atoms with van der Waals surface area (Å²) >= 11 is 0. The zero-order valence-electron chi connectivity index (χ0n) is 13.7. The van der Waals surface area contributed by atoms with E-state index < -0.39 is 23.4 Å². The van der Waals surface area contributed by atoms with Crippen LogP contribution in [0.3, 0.4) is 0 Å². The molecule has 1 atom stereocenters. The van der Waals surface area contributed by atoms with Gasteiger partial charge < -0.3 is 14.8 Å². The summed E-state index contributed by atoms with van der Waals surface area (Å²) in [6.07, 6.45) is 3.32. The van der Waals surface area contributed by atoms with Crippen LogP contribution in [0.15, 0.2) is 30.3 Å². The standard InChI is InChI=1S/C17H21NO5/c1-5-17(2,16(21)23-4)18-14(19)11-8-12-6-9-13(10-7-12)15(20)22-3/h6-11H,5H2,1-4H3,(H,18,19)/b11-8-/t17-/m0/s1. The maximum atomic E-state index is 12.0. The highest BCUT2D eigenvalue weighted by Gasteiger charge is 2.33. The second-order valence-electron chi connectivity index (χ2n) is 5.11. The lowest BCUT2D eigenvalue weighted by molar-refractivity contribution is -0.149. The third kappa shape index (κ3) is 4.95. The number of rotatable bonds is 6. The predicted molar refractivity (Wildman–Crippen MR) is 85.7 cm³/mol. The van der Waals surface area contributed by atoms with Crippen LogP contribution in [-0.2, 0) is 19.1 Å². The summed E-state index contributed by atoms with van der Waals surface area (Å²) in [5.74, 6) is -1.32. The molecule has 0 fully saturated rings. The molecule has 0 unspecified atom stereocenters. The molecule has 0 aromatic heterocycles. The molecule has 0 aliphatic heterocycles. The number of hydrogen-bond acceptors (Lipinski definition) is 5. The summed E-state index contributed by atoms with van der Waals surface area (Å²) in [7, 11) is 2.59. The average molecular weight is 319 g/mol. The van der Waals surface area contributed by atoms with Gasteiger partial charge in [0, 0.05) is 6.08 Å². The predicted octanol–water partition coefficient (Wildman–Crippen LogP) is 1.94. The highest BCUT2D eigenvalue weighted by molar-refractivity contribution is 5.96. The first-order valence-corrected chi connectivity index (χ1v) is 7.13. The van der Waals surface area contributed by atoms with Crippen molar-refractivity contribution in [3.05, 3.63) is 41.5 Å². The van der Waals surface area contributed by atoms with Crippen LogP contribution < -0.4 is 5.32 Å². The lowest BCUT2D eigenvalue weighted by Crippen LogP contribution is -2.51. The molecule has 124 valence electrons. The van der Waals surface area contributed by atoms with Crippen LogP contribution in [0, 0.1) is 0 Å². The molecular formula is C17H21NO5. The Hall–Kier alpha value is -2.63. The second-order valence-corrected chi connectivity index (χ2v) is 5.11. The molecule has 0 bridgehead atoms. The van der Waals surface area contributed by atoms with Gasteiger partial charge in [0.25, 0.3) is 0 Å². The van der Waals surface area contributed by atoms with Crippen molar-refractivity contribution < 1.29 is 23.9 Å². The smallest absolute Gasteiger partial charge is 0.337 e. The Balaban J connectivity index is 2.75. The number of carbonyl (C=O) groups excluding carboxylic acids is 3. The van der Waals surface area contributed by atoms with Gasteiger partial charge in [0.15, 0.2) is 0 Å². The molecule has 1 aromatic carbocycles. The Morgan fingerprint density at radius 3 is 2.22 bits per heavy atom. The Labute approximate surface area is 135 Å². The monoisotopic (exact) mass is 319 g/mol. The summed E-state index contributed by atoms with van der Waals surface area (Å²) in [4.78, 5) is 35.0. The molecule has 6 nitrogen and oxygen atoms in total. The van der Waals surface area contributed by atoms with Crippen molar-refractivity contribution in [1.29, 1.82) is 0 Å². The van der Waals surface area contributed by atoms with Gasteiger partial charge in [0.2, 0.25) is 5.91 Å². The van der Waals surface area contributed by atoms with Gasteiger partial charge in [-0.1, -0.05) is 19.1 Å². The molecule has 0 aliphatic rings. The van der Waals surface area contributed by atoms with Crippen molar-refractivity contribution >= 4 is 23.9 Å². The van der Waals surface area contributed by atoms with Crippen molar-refractivity contribution in [3.63, 3.8) is 0 Å². The van der Waals surface area contributed by atoms with Crippen LogP contribution in [0.5, 0.6) is 0 Å². The van der Waals surface area contributed by atoms with E-state index in [9.17, 15) is 14.4 Å². The van der Waals surface area contributed by atoms with E-state index in [-0.39, 0.29) is 0 Å². The molecule has 0 heterocycles. The van der Waals surface area contributed by atoms with E-state index in [4.69, 9.17) is 4.74 Å². The zero-order valence-corrected chi connectivity index (χ0v) is 13.7. The van der Waals surface area contributed by atoms with E-state index in [1.807, 2.05) is 0 Å². The number of nitrogens with one attached hydrogen (secondary N) is 1. The van der Waals surface area contributed by atoms with Crippen molar-refractivity contribution in [2.45, 2.75) is 25.8 Å². The Bertz CT molecular complexity index is 606. The SMILES string of the molecule is CC[C@](C)(NC(=O)/C=C\c1ccc(C(=O)OC)cc1)C(=O)OC. The van der Waals surface area contributed by atoms with E-state index in [0.29, 0.717) is 12.0 Å². The molecule has 0 saturated heterocycles. The molecular weight excluding hydrogens is 298 g/mol. The topological polar surface area (TPSA) is 81.7 Å². The van der Waals surface area contributed by atoms with E-state index in [2.05, 4.69) is 10.1 Å². The molecule has 23 heavy (non-hydrogen) atoms. The normalized spacial score (nSPS) is 13.2. The average Bonchev–Trinajstić information content (AvgIpc) is 2.58. The lowest BCUT2D eigenvalue weighted by Gasteiger charge is -2.25. The van der Waals surface area contributed by atoms with Crippen molar-refractivity contribution in [2.24, 2.45) is 0 Å². The quantitative estimate of drug-likeness (QED) is 0.640. The van der Waals surface area contributed by atoms with Crippen molar-refractivity contribution in [2.75, 3.05) is 14.2 Å². The van der Waals surface area contributed by atoms with Gasteiger partial charge >= 0.3 is 11.9 Å². The minimum absolute atomic E-state index is 0.406. The summed E-state index contributed by atoms with van der Waals surface area (Å²) in [5.41, 5.74) is 0.104. The molecule has 0 aliphatic carbocycles. The Kier molecular flexibility index (Phi) is 6.50. The molecule has 0 spiro atoms. The fourth-order valence-corrected chi connectivity index (χ4v) is 1.84. The molecule has 1 aromatic rings. The number of esters is 2. The van der Waals surface area contributed by atoms with Crippen molar-refractivity contribution in [1.82, 2.24) is 5.32 Å². The van der Waals surface area contributed by atoms with Crippen LogP contribution in [0.4, 0.5) is 0 Å². The maximum absolute atomic E-state index is 12.0. The highest BCUT2D eigenvalue weighted by Crippen LogP contribution is 2.12. The van der Waals surface area contributed by atoms with Gasteiger partial charge in [-0.3, -0.25) is 4.79 Å². The van der Waals surface area contributed by atoms with E-state index in [1.165, 1.54) is 20.3 Å². The Morgan fingerprint density at radius 1 is 1.13 bits per heavy atom. The molecule has 0 saturated carbocycles. The van der Waals surface area contributed by atoms with Crippen LogP contribution in [0.2, 0.25) is 0 Å². The minimum Gasteiger partial charge on any atom is -0.467 e. The number of methoxy groups -OCH3 is 2. The first-order valence-electron chi connectivity index (χ1n) is 7.13. The molecule has 6 heteroatoms. The summed E-state index contributed by atoms with van der Waals surface area (Å²) < 4.78 is 9.30. The van der Waals surface area contributed by atoms with Gasteiger partial charge in [-0.15, -0.1) is 0 Å². The highest BCUT2D eigenvalue weighted by atomic mass is 16.5. The van der Waals surface area contributed by atoms with Crippen LogP contribution in [0.1, 0.15) is 36.2 Å². The maximum Gasteiger partial charge on any atom is 0.337 e. The molecule has 1 amide bonds. The van der Waals surface area contributed by atoms with E-state index in [1.54, 1.807) is 44.2 Å². The number of carbonyl (C=O) groups is 3. The largest absolute Gasteiger partial charge is 0.467 e. The van der Waals surface area contributed by atoms with Gasteiger partial charge in [0.05, 0.1) is 19.8 Å². The van der Waals surface area contributed by atoms with Crippen LogP contribution >= 0.6 is 0 Å². The third-order valence-electron chi connectivity index (χ3n) is 3.50. The summed E-state index contributed by atoms with van der Waals surface area (Å²) in [5, 5.41) is 2.63. The lowest BCUT2D eigenvalue weighted by atomic mass is 9.99. The van der Waals surface area contributed by atoms with Gasteiger partial charge in [0.1, 0.15) is 5.54 Å². The third-order valence-corrected chi connectivity index (χ3v) is 3.50. The number of ether oxygens (including phenoxy) is 2. The first-order chi connectivity index (χ1) is 10.9. The molecule has 0 radical (unpaired) electrons. The molecule has 1 N–H and O–H groups in total.